The minimum absolute atomic E-state index is 0.0438. The molecule has 6 nitrogen and oxygen atoms in total. The van der Waals surface area contributed by atoms with E-state index in [1.54, 1.807) is 4.57 Å². The van der Waals surface area contributed by atoms with Crippen molar-refractivity contribution in [2.45, 2.75) is 32.9 Å². The molecule has 0 unspecified atom stereocenters. The van der Waals surface area contributed by atoms with Crippen molar-refractivity contribution in [2.24, 2.45) is 0 Å². The molecule has 0 aliphatic carbocycles. The maximum Gasteiger partial charge on any atom is 0.471 e. The predicted octanol–water partition coefficient (Wildman–Crippen LogP) is 4.07. The molecule has 3 aromatic rings. The summed E-state index contributed by atoms with van der Waals surface area (Å²) in [5.41, 5.74) is 3.60. The van der Waals surface area contributed by atoms with Crippen LogP contribution in [0.2, 0.25) is 0 Å². The van der Waals surface area contributed by atoms with Gasteiger partial charge in [0.25, 0.3) is 0 Å². The number of phosphoric ester groups is 1. The monoisotopic (exact) mass is 360 g/mol. The molecule has 0 fully saturated rings. The Morgan fingerprint density at radius 1 is 1.08 bits per heavy atom. The standard InChI is InChI=1S/C18H21N2O4P/c1-18(2,3)14-10-8-13(9-11-14)17-19-15-6-4-5-7-16(15)20(17)12-24-25(21,22)23/h4-11H,12H2,1-3H3,(H2,21,22,23). The minimum Gasteiger partial charge on any atom is -0.303 e. The predicted molar refractivity (Wildman–Crippen MR) is 97.0 cm³/mol. The van der Waals surface area contributed by atoms with Crippen LogP contribution < -0.4 is 0 Å². The summed E-state index contributed by atoms with van der Waals surface area (Å²) in [4.78, 5) is 22.7. The Kier molecular flexibility index (Phi) is 4.56. The van der Waals surface area contributed by atoms with E-state index >= 15 is 0 Å². The van der Waals surface area contributed by atoms with Gasteiger partial charge in [-0.3, -0.25) is 9.09 Å². The van der Waals surface area contributed by atoms with E-state index in [1.165, 1.54) is 5.56 Å². The molecule has 0 radical (unpaired) electrons. The zero-order valence-corrected chi connectivity index (χ0v) is 15.3. The van der Waals surface area contributed by atoms with Crippen LogP contribution in [0.25, 0.3) is 22.4 Å². The van der Waals surface area contributed by atoms with Crippen LogP contribution >= 0.6 is 7.82 Å². The Morgan fingerprint density at radius 2 is 1.72 bits per heavy atom. The summed E-state index contributed by atoms with van der Waals surface area (Å²) in [5.74, 6) is 0.607. The third kappa shape index (κ3) is 3.99. The van der Waals surface area contributed by atoms with Crippen molar-refractivity contribution in [3.8, 4) is 11.4 Å². The van der Waals surface area contributed by atoms with Crippen LogP contribution in [0.5, 0.6) is 0 Å². The molecular weight excluding hydrogens is 339 g/mol. The Bertz CT molecular complexity index is 936. The van der Waals surface area contributed by atoms with Gasteiger partial charge in [-0.25, -0.2) is 9.55 Å². The Hall–Kier alpha value is -1.98. The third-order valence-corrected chi connectivity index (χ3v) is 4.47. The molecule has 2 N–H and O–H groups in total. The zero-order valence-electron chi connectivity index (χ0n) is 14.4. The first kappa shape index (κ1) is 17.8. The number of imidazole rings is 1. The summed E-state index contributed by atoms with van der Waals surface area (Å²) in [6.45, 7) is 6.16. The molecule has 0 saturated heterocycles. The molecule has 3 rings (SSSR count). The van der Waals surface area contributed by atoms with Gasteiger partial charge in [-0.1, -0.05) is 57.2 Å². The molecule has 25 heavy (non-hydrogen) atoms. The highest BCUT2D eigenvalue weighted by Gasteiger charge is 2.19. The van der Waals surface area contributed by atoms with Gasteiger partial charge in [-0.2, -0.15) is 0 Å². The second kappa shape index (κ2) is 6.39. The largest absolute Gasteiger partial charge is 0.471 e. The van der Waals surface area contributed by atoms with Crippen molar-refractivity contribution in [1.29, 1.82) is 0 Å². The molecule has 132 valence electrons. The number of hydrogen-bond donors (Lipinski definition) is 2. The molecular formula is C18H21N2O4P. The second-order valence-corrected chi connectivity index (χ2v) is 8.17. The molecule has 0 spiro atoms. The van der Waals surface area contributed by atoms with Gasteiger partial charge in [0.05, 0.1) is 11.0 Å². The van der Waals surface area contributed by atoms with Crippen molar-refractivity contribution in [1.82, 2.24) is 9.55 Å². The van der Waals surface area contributed by atoms with Gasteiger partial charge in [-0.05, 0) is 23.1 Å². The summed E-state index contributed by atoms with van der Waals surface area (Å²) in [6, 6.07) is 15.5. The molecule has 7 heteroatoms. The first-order valence-corrected chi connectivity index (χ1v) is 9.44. The highest BCUT2D eigenvalue weighted by Crippen LogP contribution is 2.37. The zero-order chi connectivity index (χ0) is 18.2. The molecule has 0 aliphatic heterocycles. The molecule has 0 aliphatic rings. The van der Waals surface area contributed by atoms with Crippen molar-refractivity contribution >= 4 is 18.9 Å². The van der Waals surface area contributed by atoms with E-state index < -0.39 is 7.82 Å². The lowest BCUT2D eigenvalue weighted by Gasteiger charge is -2.19. The van der Waals surface area contributed by atoms with Crippen LogP contribution in [-0.4, -0.2) is 19.3 Å². The Morgan fingerprint density at radius 3 is 2.32 bits per heavy atom. The average Bonchev–Trinajstić information content (AvgIpc) is 2.90. The summed E-state index contributed by atoms with van der Waals surface area (Å²) >= 11 is 0. The van der Waals surface area contributed by atoms with E-state index in [1.807, 2.05) is 48.5 Å². The maximum absolute atomic E-state index is 11.1. The fraction of sp³-hybridized carbons (Fsp3) is 0.278. The lowest BCUT2D eigenvalue weighted by atomic mass is 9.87. The lowest BCUT2D eigenvalue weighted by molar-refractivity contribution is 0.157. The van der Waals surface area contributed by atoms with Gasteiger partial charge in [0.2, 0.25) is 0 Å². The van der Waals surface area contributed by atoms with Crippen LogP contribution in [0, 0.1) is 0 Å². The number of para-hydroxylation sites is 2. The molecule has 0 atom stereocenters. The van der Waals surface area contributed by atoms with Crippen LogP contribution in [0.4, 0.5) is 0 Å². The van der Waals surface area contributed by atoms with Crippen LogP contribution in [0.3, 0.4) is 0 Å². The Labute approximate surface area is 146 Å². The quantitative estimate of drug-likeness (QED) is 0.685. The van der Waals surface area contributed by atoms with Crippen molar-refractivity contribution in [2.75, 3.05) is 0 Å². The average molecular weight is 360 g/mol. The van der Waals surface area contributed by atoms with Gasteiger partial charge < -0.3 is 9.79 Å². The summed E-state index contributed by atoms with van der Waals surface area (Å²) in [5, 5.41) is 0. The maximum atomic E-state index is 11.1. The first-order valence-electron chi connectivity index (χ1n) is 7.91. The number of phosphoric acid groups is 1. The van der Waals surface area contributed by atoms with E-state index in [4.69, 9.17) is 14.3 Å². The SMILES string of the molecule is CC(C)(C)c1ccc(-c2nc3ccccc3n2COP(=O)(O)O)cc1. The molecule has 0 amide bonds. The van der Waals surface area contributed by atoms with Crippen LogP contribution in [-0.2, 0) is 21.2 Å². The second-order valence-electron chi connectivity index (χ2n) is 6.93. The summed E-state index contributed by atoms with van der Waals surface area (Å²) in [7, 11) is -4.57. The van der Waals surface area contributed by atoms with E-state index in [-0.39, 0.29) is 12.1 Å². The molecule has 1 heterocycles. The van der Waals surface area contributed by atoms with Crippen molar-refractivity contribution < 1.29 is 18.9 Å². The molecule has 1 aromatic heterocycles. The van der Waals surface area contributed by atoms with Gasteiger partial charge in [-0.15, -0.1) is 0 Å². The normalized spacial score (nSPS) is 12.7. The number of aromatic nitrogens is 2. The van der Waals surface area contributed by atoms with Crippen molar-refractivity contribution in [3.05, 3.63) is 54.1 Å². The number of rotatable bonds is 4. The smallest absolute Gasteiger partial charge is 0.303 e. The highest BCUT2D eigenvalue weighted by molar-refractivity contribution is 7.46. The molecule has 0 saturated carbocycles. The minimum atomic E-state index is -4.57. The topological polar surface area (TPSA) is 84.6 Å². The fourth-order valence-electron chi connectivity index (χ4n) is 2.68. The van der Waals surface area contributed by atoms with E-state index in [0.29, 0.717) is 5.82 Å². The van der Waals surface area contributed by atoms with Gasteiger partial charge in [0, 0.05) is 5.56 Å². The summed E-state index contributed by atoms with van der Waals surface area (Å²) in [6.07, 6.45) is 0. The fourth-order valence-corrected chi connectivity index (χ4v) is 2.94. The summed E-state index contributed by atoms with van der Waals surface area (Å²) < 4.78 is 17.5. The number of hydrogen-bond acceptors (Lipinski definition) is 3. The molecule has 2 aromatic carbocycles. The number of fused-ring (bicyclic) bond motifs is 1. The van der Waals surface area contributed by atoms with Gasteiger partial charge >= 0.3 is 7.82 Å². The van der Waals surface area contributed by atoms with Crippen LogP contribution in [0.15, 0.2) is 48.5 Å². The third-order valence-electron chi connectivity index (χ3n) is 4.02. The first-order chi connectivity index (χ1) is 11.6. The van der Waals surface area contributed by atoms with Gasteiger partial charge in [0.15, 0.2) is 0 Å². The van der Waals surface area contributed by atoms with E-state index in [2.05, 4.69) is 25.8 Å². The molecule has 0 bridgehead atoms. The van der Waals surface area contributed by atoms with E-state index in [9.17, 15) is 4.57 Å². The van der Waals surface area contributed by atoms with Crippen molar-refractivity contribution in [3.63, 3.8) is 0 Å². The lowest BCUT2D eigenvalue weighted by Crippen LogP contribution is -2.10. The highest BCUT2D eigenvalue weighted by atomic mass is 31.2. The Balaban J connectivity index is 2.07. The van der Waals surface area contributed by atoms with E-state index in [0.717, 1.165) is 16.6 Å². The van der Waals surface area contributed by atoms with Crippen LogP contribution in [0.1, 0.15) is 26.3 Å². The number of nitrogens with zero attached hydrogens (tertiary/aromatic N) is 2. The van der Waals surface area contributed by atoms with Gasteiger partial charge in [0.1, 0.15) is 12.6 Å². The number of benzene rings is 2.